The minimum Gasteiger partial charge on any atom is -0.490 e. The molecule has 0 spiro atoms. The lowest BCUT2D eigenvalue weighted by atomic mass is 9.96. The summed E-state index contributed by atoms with van der Waals surface area (Å²) < 4.78 is 5.71. The first-order valence-corrected chi connectivity index (χ1v) is 6.72. The van der Waals surface area contributed by atoms with Crippen molar-refractivity contribution in [3.8, 4) is 5.75 Å². The van der Waals surface area contributed by atoms with E-state index in [9.17, 15) is 4.79 Å². The molecule has 0 aliphatic carbocycles. The normalized spacial score (nSPS) is 19.8. The standard InChI is InChI=1S/C15H21NO2/c1-11(2)18-14-9-4-3-7-12(14)15(17)13-8-5-6-10-16-13/h3-4,7,9,11,13,16H,5-6,8,10H2,1-2H3. The molecule has 1 aromatic carbocycles. The molecule has 3 heteroatoms. The van der Waals surface area contributed by atoms with Gasteiger partial charge in [0.15, 0.2) is 5.78 Å². The van der Waals surface area contributed by atoms with Gasteiger partial charge in [-0.1, -0.05) is 18.6 Å². The number of rotatable bonds is 4. The first-order chi connectivity index (χ1) is 8.68. The van der Waals surface area contributed by atoms with Crippen molar-refractivity contribution >= 4 is 5.78 Å². The fourth-order valence-corrected chi connectivity index (χ4v) is 2.29. The lowest BCUT2D eigenvalue weighted by Crippen LogP contribution is -2.40. The Bertz CT molecular complexity index is 409. The van der Waals surface area contributed by atoms with E-state index in [0.29, 0.717) is 11.3 Å². The number of ether oxygens (including phenoxy) is 1. The Hall–Kier alpha value is -1.35. The van der Waals surface area contributed by atoms with Crippen LogP contribution in [-0.4, -0.2) is 24.5 Å². The van der Waals surface area contributed by atoms with Crippen molar-refractivity contribution < 1.29 is 9.53 Å². The van der Waals surface area contributed by atoms with Crippen LogP contribution in [0.5, 0.6) is 5.75 Å². The number of hydrogen-bond donors (Lipinski definition) is 1. The molecule has 0 aromatic heterocycles. The van der Waals surface area contributed by atoms with Crippen LogP contribution in [0.15, 0.2) is 24.3 Å². The zero-order chi connectivity index (χ0) is 13.0. The largest absolute Gasteiger partial charge is 0.490 e. The van der Waals surface area contributed by atoms with Crippen molar-refractivity contribution in [1.29, 1.82) is 0 Å². The van der Waals surface area contributed by atoms with Gasteiger partial charge in [0.25, 0.3) is 0 Å². The van der Waals surface area contributed by atoms with Gasteiger partial charge >= 0.3 is 0 Å². The number of benzene rings is 1. The highest BCUT2D eigenvalue weighted by Crippen LogP contribution is 2.23. The number of para-hydroxylation sites is 1. The second kappa shape index (κ2) is 6.01. The van der Waals surface area contributed by atoms with Gasteiger partial charge in [-0.15, -0.1) is 0 Å². The fourth-order valence-electron chi connectivity index (χ4n) is 2.29. The highest BCUT2D eigenvalue weighted by molar-refractivity contribution is 6.02. The van der Waals surface area contributed by atoms with Crippen LogP contribution >= 0.6 is 0 Å². The van der Waals surface area contributed by atoms with Gasteiger partial charge in [-0.2, -0.15) is 0 Å². The molecule has 2 rings (SSSR count). The van der Waals surface area contributed by atoms with Gasteiger partial charge in [0.05, 0.1) is 17.7 Å². The van der Waals surface area contributed by atoms with Crippen LogP contribution in [-0.2, 0) is 0 Å². The van der Waals surface area contributed by atoms with E-state index in [1.54, 1.807) is 0 Å². The highest BCUT2D eigenvalue weighted by Gasteiger charge is 2.24. The molecular formula is C15H21NO2. The number of ketones is 1. The van der Waals surface area contributed by atoms with E-state index in [0.717, 1.165) is 25.8 Å². The summed E-state index contributed by atoms with van der Waals surface area (Å²) in [5.74, 6) is 0.857. The predicted octanol–water partition coefficient (Wildman–Crippen LogP) is 2.80. The van der Waals surface area contributed by atoms with Crippen molar-refractivity contribution in [1.82, 2.24) is 5.32 Å². The second-order valence-corrected chi connectivity index (χ2v) is 5.03. The Morgan fingerprint density at radius 3 is 2.78 bits per heavy atom. The molecule has 1 N–H and O–H groups in total. The molecular weight excluding hydrogens is 226 g/mol. The van der Waals surface area contributed by atoms with Gasteiger partial charge < -0.3 is 10.1 Å². The van der Waals surface area contributed by atoms with Gasteiger partial charge in [0.1, 0.15) is 5.75 Å². The minimum atomic E-state index is -0.0457. The van der Waals surface area contributed by atoms with E-state index in [4.69, 9.17) is 4.74 Å². The Morgan fingerprint density at radius 2 is 2.11 bits per heavy atom. The average Bonchev–Trinajstić information content (AvgIpc) is 2.39. The van der Waals surface area contributed by atoms with E-state index >= 15 is 0 Å². The molecule has 98 valence electrons. The monoisotopic (exact) mass is 247 g/mol. The lowest BCUT2D eigenvalue weighted by Gasteiger charge is -2.23. The van der Waals surface area contributed by atoms with Crippen molar-refractivity contribution in [3.63, 3.8) is 0 Å². The van der Waals surface area contributed by atoms with Gasteiger partial charge in [-0.25, -0.2) is 0 Å². The van der Waals surface area contributed by atoms with Gasteiger partial charge in [-0.3, -0.25) is 4.79 Å². The zero-order valence-electron chi connectivity index (χ0n) is 11.1. The molecule has 1 heterocycles. The molecule has 18 heavy (non-hydrogen) atoms. The first kappa shape index (κ1) is 13.1. The number of hydrogen-bond acceptors (Lipinski definition) is 3. The van der Waals surface area contributed by atoms with Crippen LogP contribution in [0, 0.1) is 0 Å². The molecule has 0 radical (unpaired) electrons. The third-order valence-corrected chi connectivity index (χ3v) is 3.14. The van der Waals surface area contributed by atoms with E-state index in [1.807, 2.05) is 38.1 Å². The number of piperidine rings is 1. The molecule has 1 aliphatic heterocycles. The molecule has 1 aliphatic rings. The van der Waals surface area contributed by atoms with E-state index in [1.165, 1.54) is 0 Å². The van der Waals surface area contributed by atoms with Crippen LogP contribution in [0.1, 0.15) is 43.5 Å². The highest BCUT2D eigenvalue weighted by atomic mass is 16.5. The Labute approximate surface area is 109 Å². The molecule has 0 amide bonds. The summed E-state index contributed by atoms with van der Waals surface area (Å²) in [5.41, 5.74) is 0.700. The first-order valence-electron chi connectivity index (χ1n) is 6.72. The summed E-state index contributed by atoms with van der Waals surface area (Å²) in [6.07, 6.45) is 3.29. The third-order valence-electron chi connectivity index (χ3n) is 3.14. The van der Waals surface area contributed by atoms with E-state index in [2.05, 4.69) is 5.32 Å². The Morgan fingerprint density at radius 1 is 1.33 bits per heavy atom. The molecule has 0 saturated carbocycles. The van der Waals surface area contributed by atoms with Crippen LogP contribution in [0.2, 0.25) is 0 Å². The molecule has 1 atom stereocenters. The van der Waals surface area contributed by atoms with E-state index in [-0.39, 0.29) is 17.9 Å². The molecule has 1 saturated heterocycles. The maximum absolute atomic E-state index is 12.5. The van der Waals surface area contributed by atoms with E-state index < -0.39 is 0 Å². The summed E-state index contributed by atoms with van der Waals surface area (Å²) in [6.45, 7) is 4.88. The molecule has 1 aromatic rings. The molecule has 1 unspecified atom stereocenters. The Kier molecular flexibility index (Phi) is 4.37. The SMILES string of the molecule is CC(C)Oc1ccccc1C(=O)C1CCCCN1. The second-order valence-electron chi connectivity index (χ2n) is 5.03. The quantitative estimate of drug-likeness (QED) is 0.831. The van der Waals surface area contributed by atoms with Crippen LogP contribution < -0.4 is 10.1 Å². The van der Waals surface area contributed by atoms with Crippen LogP contribution in [0.4, 0.5) is 0 Å². The maximum atomic E-state index is 12.5. The van der Waals surface area contributed by atoms with Crippen molar-refractivity contribution in [2.45, 2.75) is 45.3 Å². The number of carbonyl (C=O) groups excluding carboxylic acids is 1. The molecule has 3 nitrogen and oxygen atoms in total. The third kappa shape index (κ3) is 3.10. The summed E-state index contributed by atoms with van der Waals surface area (Å²) in [4.78, 5) is 12.5. The summed E-state index contributed by atoms with van der Waals surface area (Å²) in [5, 5.41) is 3.29. The molecule has 1 fully saturated rings. The minimum absolute atomic E-state index is 0.0457. The zero-order valence-corrected chi connectivity index (χ0v) is 11.1. The van der Waals surface area contributed by atoms with Crippen molar-refractivity contribution in [2.24, 2.45) is 0 Å². The average molecular weight is 247 g/mol. The Balaban J connectivity index is 2.18. The molecule has 0 bridgehead atoms. The fraction of sp³-hybridized carbons (Fsp3) is 0.533. The topological polar surface area (TPSA) is 38.3 Å². The van der Waals surface area contributed by atoms with Crippen LogP contribution in [0.3, 0.4) is 0 Å². The number of Topliss-reactive ketones (excluding diaryl/α,β-unsaturated/α-hetero) is 1. The number of carbonyl (C=O) groups is 1. The lowest BCUT2D eigenvalue weighted by molar-refractivity contribution is 0.0921. The summed E-state index contributed by atoms with van der Waals surface area (Å²) in [6, 6.07) is 7.48. The smallest absolute Gasteiger partial charge is 0.183 e. The van der Waals surface area contributed by atoms with Crippen molar-refractivity contribution in [3.05, 3.63) is 29.8 Å². The van der Waals surface area contributed by atoms with Gasteiger partial charge in [0, 0.05) is 0 Å². The summed E-state index contributed by atoms with van der Waals surface area (Å²) >= 11 is 0. The number of nitrogens with one attached hydrogen (secondary N) is 1. The van der Waals surface area contributed by atoms with Gasteiger partial charge in [0.2, 0.25) is 0 Å². The van der Waals surface area contributed by atoms with Gasteiger partial charge in [-0.05, 0) is 45.4 Å². The summed E-state index contributed by atoms with van der Waals surface area (Å²) in [7, 11) is 0. The predicted molar refractivity (Wildman–Crippen MR) is 72.2 cm³/mol. The maximum Gasteiger partial charge on any atom is 0.183 e. The van der Waals surface area contributed by atoms with Crippen molar-refractivity contribution in [2.75, 3.05) is 6.54 Å². The van der Waals surface area contributed by atoms with Crippen LogP contribution in [0.25, 0.3) is 0 Å².